The van der Waals surface area contributed by atoms with Crippen molar-refractivity contribution >= 4 is 5.78 Å². The van der Waals surface area contributed by atoms with Crippen LogP contribution in [0.5, 0.6) is 0 Å². The number of alkyl halides is 6. The van der Waals surface area contributed by atoms with Crippen molar-refractivity contribution in [3.05, 3.63) is 82.3 Å². The summed E-state index contributed by atoms with van der Waals surface area (Å²) in [4.78, 5) is 14.0. The number of rotatable bonds is 5. The van der Waals surface area contributed by atoms with Crippen LogP contribution in [0.25, 0.3) is 0 Å². The van der Waals surface area contributed by atoms with E-state index >= 15 is 4.39 Å². The van der Waals surface area contributed by atoms with Crippen molar-refractivity contribution < 1.29 is 40.3 Å². The Morgan fingerprint density at radius 2 is 1.59 bits per heavy atom. The van der Waals surface area contributed by atoms with E-state index in [2.05, 4.69) is 4.90 Å². The van der Waals surface area contributed by atoms with Gasteiger partial charge in [-0.15, -0.1) is 0 Å². The third-order valence-electron chi connectivity index (χ3n) is 8.26. The minimum Gasteiger partial charge on any atom is -0.374 e. The summed E-state index contributed by atoms with van der Waals surface area (Å²) in [6, 6.07) is 7.74. The van der Waals surface area contributed by atoms with E-state index in [4.69, 9.17) is 4.74 Å². The molecule has 2 aliphatic carbocycles. The average Bonchev–Trinajstić information content (AvgIpc) is 3.49. The third-order valence-corrected chi connectivity index (χ3v) is 8.26. The summed E-state index contributed by atoms with van der Waals surface area (Å²) in [5.41, 5.74) is -1.67. The van der Waals surface area contributed by atoms with Gasteiger partial charge in [0.05, 0.1) is 23.3 Å². The molecule has 39 heavy (non-hydrogen) atoms. The number of hydrogen-bond acceptors (Lipinski definition) is 3. The van der Waals surface area contributed by atoms with Crippen molar-refractivity contribution in [3.8, 4) is 0 Å². The molecule has 1 heterocycles. The molecule has 2 fully saturated rings. The van der Waals surface area contributed by atoms with Gasteiger partial charge in [0.25, 0.3) is 0 Å². The topological polar surface area (TPSA) is 29.5 Å². The molecule has 2 aromatic rings. The van der Waals surface area contributed by atoms with Crippen molar-refractivity contribution in [3.63, 3.8) is 0 Å². The Morgan fingerprint density at radius 3 is 2.18 bits per heavy atom. The molecule has 0 unspecified atom stereocenters. The molecule has 10 heteroatoms. The fraction of sp³-hybridized carbons (Fsp3) is 0.483. The molecule has 210 valence electrons. The Labute approximate surface area is 221 Å². The monoisotopic (exact) mass is 555 g/mol. The minimum atomic E-state index is -4.97. The highest BCUT2D eigenvalue weighted by molar-refractivity contribution is 5.92. The molecule has 1 saturated carbocycles. The van der Waals surface area contributed by atoms with Gasteiger partial charge in [-0.1, -0.05) is 18.2 Å². The van der Waals surface area contributed by atoms with Crippen LogP contribution < -0.4 is 0 Å². The normalized spacial score (nSPS) is 26.5. The standard InChI is InChI=1S/C29H28F7NO2/c1-16(18-10-19(28(31,32)33)12-20(11-18)29(34,35)36)39-26-9-6-17-14-37(21-7-8-22(38)13-21)15-24(17)27(26)23-4-2-3-5-25(23)30/h2-5,10-13,16-17,24,26-27H,6-9,14-15H2,1H3/t16-,17-,24-,26+,27+/m1/s1. The molecule has 3 aliphatic rings. The van der Waals surface area contributed by atoms with Crippen molar-refractivity contribution in [2.24, 2.45) is 11.8 Å². The number of ether oxygens (including phenoxy) is 1. The van der Waals surface area contributed by atoms with E-state index < -0.39 is 47.4 Å². The summed E-state index contributed by atoms with van der Waals surface area (Å²) in [6.07, 6.45) is -7.72. The van der Waals surface area contributed by atoms with Crippen LogP contribution in [0, 0.1) is 17.7 Å². The Hall–Kier alpha value is -2.88. The van der Waals surface area contributed by atoms with Gasteiger partial charge >= 0.3 is 12.4 Å². The van der Waals surface area contributed by atoms with Gasteiger partial charge in [0.15, 0.2) is 5.78 Å². The van der Waals surface area contributed by atoms with Gasteiger partial charge < -0.3 is 9.64 Å². The molecule has 1 aliphatic heterocycles. The second kappa shape index (κ2) is 10.3. The quantitative estimate of drug-likeness (QED) is 0.355. The van der Waals surface area contributed by atoms with Gasteiger partial charge in [-0.2, -0.15) is 26.3 Å². The first-order valence-corrected chi connectivity index (χ1v) is 13.0. The van der Waals surface area contributed by atoms with E-state index in [-0.39, 0.29) is 29.2 Å². The second-order valence-electron chi connectivity index (χ2n) is 10.7. The number of hydrogen-bond donors (Lipinski definition) is 0. The van der Waals surface area contributed by atoms with Crippen LogP contribution in [0.3, 0.4) is 0 Å². The van der Waals surface area contributed by atoms with Gasteiger partial charge in [-0.25, -0.2) is 4.39 Å². The lowest BCUT2D eigenvalue weighted by Crippen LogP contribution is -2.38. The molecular formula is C29H28F7NO2. The summed E-state index contributed by atoms with van der Waals surface area (Å²) < 4.78 is 102. The summed E-state index contributed by atoms with van der Waals surface area (Å²) in [5, 5.41) is 0. The minimum absolute atomic E-state index is 0.0586. The summed E-state index contributed by atoms with van der Waals surface area (Å²) >= 11 is 0. The van der Waals surface area contributed by atoms with E-state index in [1.54, 1.807) is 24.3 Å². The maximum atomic E-state index is 15.1. The maximum Gasteiger partial charge on any atom is 0.416 e. The van der Waals surface area contributed by atoms with E-state index in [9.17, 15) is 31.1 Å². The van der Waals surface area contributed by atoms with Gasteiger partial charge in [-0.05, 0) is 73.4 Å². The highest BCUT2D eigenvalue weighted by Crippen LogP contribution is 2.49. The molecule has 5 atom stereocenters. The SMILES string of the molecule is C[C@@H](O[C@H]1CC[C@@H]2CN(C3=CC(=O)CC3)C[C@H]2[C@@H]1c1ccccc1F)c1cc(C(F)(F)F)cc(C(F)(F)F)c1. The van der Waals surface area contributed by atoms with Crippen LogP contribution >= 0.6 is 0 Å². The molecule has 0 aromatic heterocycles. The smallest absolute Gasteiger partial charge is 0.374 e. The Morgan fingerprint density at radius 1 is 0.923 bits per heavy atom. The number of fused-ring (bicyclic) bond motifs is 1. The zero-order valence-corrected chi connectivity index (χ0v) is 21.2. The Balaban J connectivity index is 1.46. The van der Waals surface area contributed by atoms with Crippen molar-refractivity contribution in [2.45, 2.75) is 63.1 Å². The van der Waals surface area contributed by atoms with E-state index in [0.29, 0.717) is 56.5 Å². The molecule has 0 radical (unpaired) electrons. The highest BCUT2D eigenvalue weighted by atomic mass is 19.4. The lowest BCUT2D eigenvalue weighted by molar-refractivity contribution is -0.143. The number of carbonyl (C=O) groups is 1. The van der Waals surface area contributed by atoms with Crippen LogP contribution in [-0.2, 0) is 21.9 Å². The predicted octanol–water partition coefficient (Wildman–Crippen LogP) is 7.68. The number of ketones is 1. The number of likely N-dealkylation sites (tertiary alicyclic amines) is 1. The van der Waals surface area contributed by atoms with Crippen molar-refractivity contribution in [1.29, 1.82) is 0 Å². The predicted molar refractivity (Wildman–Crippen MR) is 129 cm³/mol. The number of nitrogens with zero attached hydrogens (tertiary/aromatic N) is 1. The van der Waals surface area contributed by atoms with Crippen LogP contribution in [0.2, 0.25) is 0 Å². The lowest BCUT2D eigenvalue weighted by atomic mass is 9.69. The van der Waals surface area contributed by atoms with Crippen molar-refractivity contribution in [1.82, 2.24) is 4.90 Å². The molecule has 0 spiro atoms. The first-order valence-electron chi connectivity index (χ1n) is 13.0. The lowest BCUT2D eigenvalue weighted by Gasteiger charge is -2.41. The summed E-state index contributed by atoms with van der Waals surface area (Å²) in [6.45, 7) is 2.70. The molecule has 0 amide bonds. The number of carbonyl (C=O) groups excluding carboxylic acids is 1. The summed E-state index contributed by atoms with van der Waals surface area (Å²) in [7, 11) is 0. The first kappa shape index (κ1) is 27.7. The van der Waals surface area contributed by atoms with Crippen LogP contribution in [0.1, 0.15) is 66.9 Å². The van der Waals surface area contributed by atoms with Crippen molar-refractivity contribution in [2.75, 3.05) is 13.1 Å². The van der Waals surface area contributed by atoms with Gasteiger partial charge in [0.2, 0.25) is 0 Å². The van der Waals surface area contributed by atoms with Crippen LogP contribution in [0.4, 0.5) is 30.7 Å². The maximum absolute atomic E-state index is 15.1. The average molecular weight is 556 g/mol. The fourth-order valence-electron chi connectivity index (χ4n) is 6.39. The number of benzene rings is 2. The van der Waals surface area contributed by atoms with E-state index in [1.807, 2.05) is 0 Å². The van der Waals surface area contributed by atoms with Gasteiger partial charge in [-0.3, -0.25) is 4.79 Å². The summed E-state index contributed by atoms with van der Waals surface area (Å²) in [5.74, 6) is -0.692. The van der Waals surface area contributed by atoms with Gasteiger partial charge in [0.1, 0.15) is 5.82 Å². The Kier molecular flexibility index (Phi) is 7.28. The zero-order chi connectivity index (χ0) is 28.1. The molecule has 2 aromatic carbocycles. The second-order valence-corrected chi connectivity index (χ2v) is 10.7. The number of halogens is 7. The molecule has 0 bridgehead atoms. The molecule has 3 nitrogen and oxygen atoms in total. The van der Waals surface area contributed by atoms with Crippen LogP contribution in [0.15, 0.2) is 54.2 Å². The molecule has 0 N–H and O–H groups in total. The molecule has 5 rings (SSSR count). The molecular weight excluding hydrogens is 527 g/mol. The van der Waals surface area contributed by atoms with Gasteiger partial charge in [0, 0.05) is 37.2 Å². The fourth-order valence-corrected chi connectivity index (χ4v) is 6.39. The van der Waals surface area contributed by atoms with Crippen LogP contribution in [-0.4, -0.2) is 29.9 Å². The largest absolute Gasteiger partial charge is 0.416 e. The first-order chi connectivity index (χ1) is 18.3. The Bertz CT molecular complexity index is 1240. The third kappa shape index (κ3) is 5.71. The zero-order valence-electron chi connectivity index (χ0n) is 21.2. The van der Waals surface area contributed by atoms with E-state index in [0.717, 1.165) is 5.70 Å². The molecule has 1 saturated heterocycles. The van der Waals surface area contributed by atoms with E-state index in [1.165, 1.54) is 13.0 Å². The highest BCUT2D eigenvalue weighted by Gasteiger charge is 2.47. The number of allylic oxidation sites excluding steroid dienone is 2.